The number of carbonyl (C=O) groups is 2. The fraction of sp³-hybridized carbons (Fsp3) is 0.467. The van der Waals surface area contributed by atoms with Crippen LogP contribution in [-0.4, -0.2) is 35.5 Å². The average molecular weight is 344 g/mol. The number of nitrogens with two attached hydrogens (primary N) is 1. The van der Waals surface area contributed by atoms with Crippen LogP contribution in [0.3, 0.4) is 0 Å². The summed E-state index contributed by atoms with van der Waals surface area (Å²) in [6.45, 7) is 2.43. The van der Waals surface area contributed by atoms with Crippen molar-refractivity contribution in [2.45, 2.75) is 38.3 Å². The SMILES string of the molecule is CC(Cc1ccc(Cl)cc1Cl)NC(=O)[C@@H]1CCCN1C(N)=O. The summed E-state index contributed by atoms with van der Waals surface area (Å²) in [5.74, 6) is -0.172. The Kier molecular flexibility index (Phi) is 5.53. The minimum absolute atomic E-state index is 0.110. The first kappa shape index (κ1) is 16.9. The van der Waals surface area contributed by atoms with Gasteiger partial charge in [-0.05, 0) is 43.9 Å². The lowest BCUT2D eigenvalue weighted by Gasteiger charge is -2.24. The molecule has 1 aliphatic heterocycles. The summed E-state index contributed by atoms with van der Waals surface area (Å²) in [6.07, 6.45) is 2.02. The predicted molar refractivity (Wildman–Crippen MR) is 87.1 cm³/mol. The highest BCUT2D eigenvalue weighted by Crippen LogP contribution is 2.22. The molecule has 1 aliphatic rings. The number of amides is 3. The zero-order chi connectivity index (χ0) is 16.3. The van der Waals surface area contributed by atoms with Gasteiger partial charge in [-0.1, -0.05) is 29.3 Å². The maximum absolute atomic E-state index is 12.3. The van der Waals surface area contributed by atoms with Gasteiger partial charge in [0.25, 0.3) is 0 Å². The third-order valence-corrected chi connectivity index (χ3v) is 4.36. The molecule has 3 N–H and O–H groups in total. The zero-order valence-electron chi connectivity index (χ0n) is 12.3. The quantitative estimate of drug-likeness (QED) is 0.881. The summed E-state index contributed by atoms with van der Waals surface area (Å²) >= 11 is 12.0. The van der Waals surface area contributed by atoms with E-state index < -0.39 is 12.1 Å². The van der Waals surface area contributed by atoms with E-state index >= 15 is 0 Å². The van der Waals surface area contributed by atoms with E-state index in [0.29, 0.717) is 29.4 Å². The van der Waals surface area contributed by atoms with E-state index in [-0.39, 0.29) is 11.9 Å². The Morgan fingerprint density at radius 2 is 2.18 bits per heavy atom. The Balaban J connectivity index is 1.95. The molecule has 0 aromatic heterocycles. The second kappa shape index (κ2) is 7.20. The molecule has 1 aromatic rings. The van der Waals surface area contributed by atoms with Crippen molar-refractivity contribution in [1.82, 2.24) is 10.2 Å². The fourth-order valence-corrected chi connectivity index (χ4v) is 3.20. The number of urea groups is 1. The van der Waals surface area contributed by atoms with Gasteiger partial charge in [0.1, 0.15) is 6.04 Å². The second-order valence-electron chi connectivity index (χ2n) is 5.54. The topological polar surface area (TPSA) is 75.4 Å². The van der Waals surface area contributed by atoms with Gasteiger partial charge in [0.05, 0.1) is 0 Å². The first-order valence-corrected chi connectivity index (χ1v) is 7.94. The standard InChI is InChI=1S/C15H19Cl2N3O2/c1-9(7-10-4-5-11(16)8-12(10)17)19-14(21)13-3-2-6-20(13)15(18)22/h4-5,8-9,13H,2-3,6-7H2,1H3,(H2,18,22)(H,19,21)/t9?,13-/m0/s1. The molecule has 1 unspecified atom stereocenters. The largest absolute Gasteiger partial charge is 0.352 e. The molecule has 5 nitrogen and oxygen atoms in total. The molecular formula is C15H19Cl2N3O2. The van der Waals surface area contributed by atoms with Gasteiger partial charge in [0.15, 0.2) is 0 Å². The van der Waals surface area contributed by atoms with Crippen LogP contribution in [0.1, 0.15) is 25.3 Å². The van der Waals surface area contributed by atoms with Crippen molar-refractivity contribution in [2.75, 3.05) is 6.54 Å². The van der Waals surface area contributed by atoms with Crippen LogP contribution in [0.25, 0.3) is 0 Å². The molecule has 0 spiro atoms. The molecule has 22 heavy (non-hydrogen) atoms. The molecule has 3 amide bonds. The molecule has 0 aliphatic carbocycles. The number of halogens is 2. The minimum atomic E-state index is -0.550. The molecular weight excluding hydrogens is 325 g/mol. The Morgan fingerprint density at radius 3 is 2.82 bits per heavy atom. The number of likely N-dealkylation sites (tertiary alicyclic amines) is 1. The Morgan fingerprint density at radius 1 is 1.45 bits per heavy atom. The fourth-order valence-electron chi connectivity index (χ4n) is 2.71. The van der Waals surface area contributed by atoms with Crippen molar-refractivity contribution < 1.29 is 9.59 Å². The van der Waals surface area contributed by atoms with E-state index in [1.165, 1.54) is 4.90 Å². The van der Waals surface area contributed by atoms with Gasteiger partial charge >= 0.3 is 6.03 Å². The van der Waals surface area contributed by atoms with E-state index in [0.717, 1.165) is 12.0 Å². The Labute approximate surface area is 139 Å². The summed E-state index contributed by atoms with van der Waals surface area (Å²) < 4.78 is 0. The molecule has 2 atom stereocenters. The van der Waals surface area contributed by atoms with Crippen molar-refractivity contribution in [1.29, 1.82) is 0 Å². The summed E-state index contributed by atoms with van der Waals surface area (Å²) in [5, 5.41) is 4.07. The molecule has 1 aromatic carbocycles. The van der Waals surface area contributed by atoms with Crippen LogP contribution in [0.15, 0.2) is 18.2 Å². The third-order valence-electron chi connectivity index (χ3n) is 3.77. The van der Waals surface area contributed by atoms with Crippen molar-refractivity contribution in [3.05, 3.63) is 33.8 Å². The number of hydrogen-bond acceptors (Lipinski definition) is 2. The second-order valence-corrected chi connectivity index (χ2v) is 6.38. The van der Waals surface area contributed by atoms with Gasteiger partial charge in [0.2, 0.25) is 5.91 Å². The lowest BCUT2D eigenvalue weighted by atomic mass is 10.1. The number of nitrogens with zero attached hydrogens (tertiary/aromatic N) is 1. The van der Waals surface area contributed by atoms with Crippen molar-refractivity contribution in [2.24, 2.45) is 5.73 Å². The molecule has 0 saturated carbocycles. The number of nitrogens with one attached hydrogen (secondary N) is 1. The lowest BCUT2D eigenvalue weighted by Crippen LogP contribution is -2.50. The molecule has 1 heterocycles. The molecule has 7 heteroatoms. The average Bonchev–Trinajstić information content (AvgIpc) is 2.91. The van der Waals surface area contributed by atoms with E-state index in [1.54, 1.807) is 12.1 Å². The van der Waals surface area contributed by atoms with Crippen molar-refractivity contribution in [3.63, 3.8) is 0 Å². The van der Waals surface area contributed by atoms with Gasteiger partial charge in [-0.2, -0.15) is 0 Å². The van der Waals surface area contributed by atoms with Gasteiger partial charge in [0, 0.05) is 22.6 Å². The molecule has 120 valence electrons. The van der Waals surface area contributed by atoms with E-state index in [2.05, 4.69) is 5.32 Å². The van der Waals surface area contributed by atoms with E-state index in [9.17, 15) is 9.59 Å². The molecule has 0 radical (unpaired) electrons. The summed E-state index contributed by atoms with van der Waals surface area (Å²) in [7, 11) is 0. The van der Waals surface area contributed by atoms with Crippen LogP contribution in [0, 0.1) is 0 Å². The number of rotatable bonds is 4. The van der Waals surface area contributed by atoms with Crippen LogP contribution in [-0.2, 0) is 11.2 Å². The van der Waals surface area contributed by atoms with Crippen LogP contribution >= 0.6 is 23.2 Å². The van der Waals surface area contributed by atoms with Crippen LogP contribution in [0.4, 0.5) is 4.79 Å². The predicted octanol–water partition coefficient (Wildman–Crippen LogP) is 2.58. The van der Waals surface area contributed by atoms with E-state index in [1.807, 2.05) is 13.0 Å². The minimum Gasteiger partial charge on any atom is -0.352 e. The maximum atomic E-state index is 12.3. The number of primary amides is 1. The molecule has 1 fully saturated rings. The zero-order valence-corrected chi connectivity index (χ0v) is 13.8. The highest BCUT2D eigenvalue weighted by atomic mass is 35.5. The third kappa shape index (κ3) is 4.05. The first-order valence-electron chi connectivity index (χ1n) is 7.19. The highest BCUT2D eigenvalue weighted by molar-refractivity contribution is 6.35. The van der Waals surface area contributed by atoms with Gasteiger partial charge in [-0.15, -0.1) is 0 Å². The smallest absolute Gasteiger partial charge is 0.315 e. The number of hydrogen-bond donors (Lipinski definition) is 2. The van der Waals surface area contributed by atoms with Crippen LogP contribution in [0.5, 0.6) is 0 Å². The summed E-state index contributed by atoms with van der Waals surface area (Å²) in [5.41, 5.74) is 6.21. The first-order chi connectivity index (χ1) is 10.4. The maximum Gasteiger partial charge on any atom is 0.315 e. The summed E-state index contributed by atoms with van der Waals surface area (Å²) in [6, 6.07) is 4.16. The normalized spacial score (nSPS) is 19.0. The van der Waals surface area contributed by atoms with Crippen molar-refractivity contribution in [3.8, 4) is 0 Å². The van der Waals surface area contributed by atoms with E-state index in [4.69, 9.17) is 28.9 Å². The van der Waals surface area contributed by atoms with Gasteiger partial charge < -0.3 is 16.0 Å². The Bertz CT molecular complexity index is 580. The number of benzene rings is 1. The Hall–Kier alpha value is -1.46. The van der Waals surface area contributed by atoms with Crippen LogP contribution < -0.4 is 11.1 Å². The molecule has 0 bridgehead atoms. The molecule has 2 rings (SSSR count). The monoisotopic (exact) mass is 343 g/mol. The number of carbonyl (C=O) groups excluding carboxylic acids is 2. The lowest BCUT2D eigenvalue weighted by molar-refractivity contribution is -0.125. The highest BCUT2D eigenvalue weighted by Gasteiger charge is 2.33. The van der Waals surface area contributed by atoms with Crippen molar-refractivity contribution >= 4 is 35.1 Å². The van der Waals surface area contributed by atoms with Gasteiger partial charge in [-0.25, -0.2) is 4.79 Å². The summed E-state index contributed by atoms with van der Waals surface area (Å²) in [4.78, 5) is 25.0. The van der Waals surface area contributed by atoms with Crippen LogP contribution in [0.2, 0.25) is 10.0 Å². The molecule has 1 saturated heterocycles. The van der Waals surface area contributed by atoms with Gasteiger partial charge in [-0.3, -0.25) is 4.79 Å².